The van der Waals surface area contributed by atoms with Gasteiger partial charge in [0.25, 0.3) is 0 Å². The number of hydrogen-bond acceptors (Lipinski definition) is 3. The molecular formula is C17H26BrN3O2. The molecule has 1 aliphatic carbocycles. The number of benzene rings is 1. The maximum atomic E-state index is 6.04. The van der Waals surface area contributed by atoms with Crippen LogP contribution in [0.4, 0.5) is 0 Å². The molecule has 0 aromatic heterocycles. The largest absolute Gasteiger partial charge is 0.493 e. The molecule has 23 heavy (non-hydrogen) atoms. The average Bonchev–Trinajstić information content (AvgIpc) is 2.81. The van der Waals surface area contributed by atoms with Gasteiger partial charge < -0.3 is 20.5 Å². The number of guanidine groups is 1. The molecule has 1 aliphatic rings. The van der Waals surface area contributed by atoms with Crippen molar-refractivity contribution in [3.63, 3.8) is 0 Å². The van der Waals surface area contributed by atoms with Crippen LogP contribution in [0.25, 0.3) is 0 Å². The second-order valence-corrected chi connectivity index (χ2v) is 6.70. The summed E-state index contributed by atoms with van der Waals surface area (Å²) in [7, 11) is 3.24. The van der Waals surface area contributed by atoms with Gasteiger partial charge in [-0.15, -0.1) is 0 Å². The lowest BCUT2D eigenvalue weighted by Crippen LogP contribution is -2.39. The van der Waals surface area contributed by atoms with E-state index >= 15 is 0 Å². The van der Waals surface area contributed by atoms with Crippen LogP contribution in [-0.2, 0) is 6.54 Å². The fourth-order valence-electron chi connectivity index (χ4n) is 2.92. The van der Waals surface area contributed by atoms with Gasteiger partial charge >= 0.3 is 0 Å². The van der Waals surface area contributed by atoms with Crippen LogP contribution in [0.2, 0.25) is 0 Å². The Hall–Kier alpha value is -1.43. The Labute approximate surface area is 146 Å². The Morgan fingerprint density at radius 3 is 2.52 bits per heavy atom. The quantitative estimate of drug-likeness (QED) is 0.463. The van der Waals surface area contributed by atoms with Crippen LogP contribution in [-0.4, -0.2) is 26.2 Å². The van der Waals surface area contributed by atoms with Crippen LogP contribution in [0.5, 0.6) is 11.5 Å². The fourth-order valence-corrected chi connectivity index (χ4v) is 3.57. The Balaban J connectivity index is 1.99. The van der Waals surface area contributed by atoms with E-state index in [9.17, 15) is 0 Å². The molecule has 2 rings (SSSR count). The Morgan fingerprint density at radius 2 is 1.91 bits per heavy atom. The van der Waals surface area contributed by atoms with E-state index in [4.69, 9.17) is 15.2 Å². The van der Waals surface area contributed by atoms with Gasteiger partial charge in [0.05, 0.1) is 25.2 Å². The number of nitrogens with two attached hydrogens (primary N) is 1. The van der Waals surface area contributed by atoms with E-state index in [2.05, 4.69) is 26.2 Å². The van der Waals surface area contributed by atoms with Gasteiger partial charge in [-0.25, -0.2) is 4.99 Å². The normalized spacial score (nSPS) is 16.7. The molecule has 0 spiro atoms. The lowest BCUT2D eigenvalue weighted by atomic mass is 10.1. The summed E-state index contributed by atoms with van der Waals surface area (Å²) in [6.45, 7) is 0.504. The summed E-state index contributed by atoms with van der Waals surface area (Å²) < 4.78 is 11.5. The van der Waals surface area contributed by atoms with Crippen molar-refractivity contribution in [2.45, 2.75) is 51.1 Å². The van der Waals surface area contributed by atoms with Gasteiger partial charge in [0.1, 0.15) is 0 Å². The highest BCUT2D eigenvalue weighted by atomic mass is 79.9. The first-order valence-corrected chi connectivity index (χ1v) is 8.90. The SMILES string of the molecule is COc1cc(CN=C(N)NC2CCCCCC2)cc(Br)c1OC. The Kier molecular flexibility index (Phi) is 7.02. The summed E-state index contributed by atoms with van der Waals surface area (Å²) in [6, 6.07) is 4.36. The number of aliphatic imine (C=N–C) groups is 1. The van der Waals surface area contributed by atoms with Crippen molar-refractivity contribution in [1.29, 1.82) is 0 Å². The molecule has 0 heterocycles. The van der Waals surface area contributed by atoms with Crippen molar-refractivity contribution >= 4 is 21.9 Å². The van der Waals surface area contributed by atoms with Crippen molar-refractivity contribution in [2.24, 2.45) is 10.7 Å². The monoisotopic (exact) mass is 383 g/mol. The molecule has 128 valence electrons. The molecule has 3 N–H and O–H groups in total. The number of nitrogens with one attached hydrogen (secondary N) is 1. The number of methoxy groups -OCH3 is 2. The van der Waals surface area contributed by atoms with Crippen LogP contribution in [0, 0.1) is 0 Å². The molecule has 0 amide bonds. The standard InChI is InChI=1S/C17H26BrN3O2/c1-22-15-10-12(9-14(18)16(15)23-2)11-20-17(19)21-13-7-5-3-4-6-8-13/h9-10,13H,3-8,11H2,1-2H3,(H3,19,20,21). The fraction of sp³-hybridized carbons (Fsp3) is 0.588. The molecule has 5 nitrogen and oxygen atoms in total. The van der Waals surface area contributed by atoms with Gasteiger partial charge in [0.15, 0.2) is 17.5 Å². The summed E-state index contributed by atoms with van der Waals surface area (Å²) in [5, 5.41) is 3.35. The topological polar surface area (TPSA) is 68.9 Å². The smallest absolute Gasteiger partial charge is 0.189 e. The van der Waals surface area contributed by atoms with Crippen molar-refractivity contribution in [1.82, 2.24) is 5.32 Å². The molecule has 1 aromatic carbocycles. The molecule has 0 atom stereocenters. The van der Waals surface area contributed by atoms with Crippen molar-refractivity contribution in [3.8, 4) is 11.5 Å². The minimum absolute atomic E-state index is 0.457. The second kappa shape index (κ2) is 9.01. The zero-order valence-corrected chi connectivity index (χ0v) is 15.5. The average molecular weight is 384 g/mol. The predicted molar refractivity (Wildman–Crippen MR) is 97.2 cm³/mol. The van der Waals surface area contributed by atoms with Crippen LogP contribution in [0.3, 0.4) is 0 Å². The molecule has 1 saturated carbocycles. The van der Waals surface area contributed by atoms with Crippen molar-refractivity contribution in [3.05, 3.63) is 22.2 Å². The van der Waals surface area contributed by atoms with Gasteiger partial charge in [-0.1, -0.05) is 25.7 Å². The van der Waals surface area contributed by atoms with Crippen molar-refractivity contribution in [2.75, 3.05) is 14.2 Å². The van der Waals surface area contributed by atoms with E-state index < -0.39 is 0 Å². The number of hydrogen-bond donors (Lipinski definition) is 2. The van der Waals surface area contributed by atoms with Gasteiger partial charge in [-0.2, -0.15) is 0 Å². The summed E-state index contributed by atoms with van der Waals surface area (Å²) in [6.07, 6.45) is 7.56. The Bertz CT molecular complexity index is 541. The predicted octanol–water partition coefficient (Wildman–Crippen LogP) is 3.59. The molecular weight excluding hydrogens is 358 g/mol. The minimum atomic E-state index is 0.457. The summed E-state index contributed by atoms with van der Waals surface area (Å²) in [4.78, 5) is 4.46. The highest BCUT2D eigenvalue weighted by molar-refractivity contribution is 9.10. The van der Waals surface area contributed by atoms with Crippen LogP contribution in [0.1, 0.15) is 44.1 Å². The first kappa shape index (κ1) is 17.9. The van der Waals surface area contributed by atoms with Crippen LogP contribution < -0.4 is 20.5 Å². The third kappa shape index (κ3) is 5.30. The van der Waals surface area contributed by atoms with Crippen LogP contribution in [0.15, 0.2) is 21.6 Å². The van der Waals surface area contributed by atoms with E-state index in [0.717, 1.165) is 10.0 Å². The van der Waals surface area contributed by atoms with Crippen LogP contribution >= 0.6 is 15.9 Å². The third-order valence-electron chi connectivity index (χ3n) is 4.13. The van der Waals surface area contributed by atoms with E-state index in [1.807, 2.05) is 12.1 Å². The van der Waals surface area contributed by atoms with Gasteiger partial charge in [-0.05, 0) is 46.5 Å². The molecule has 0 radical (unpaired) electrons. The minimum Gasteiger partial charge on any atom is -0.493 e. The summed E-state index contributed by atoms with van der Waals surface area (Å²) in [5.74, 6) is 1.88. The molecule has 6 heteroatoms. The molecule has 0 saturated heterocycles. The first-order chi connectivity index (χ1) is 11.1. The van der Waals surface area contributed by atoms with E-state index in [1.165, 1.54) is 38.5 Å². The number of rotatable bonds is 5. The number of nitrogens with zero attached hydrogens (tertiary/aromatic N) is 1. The number of ether oxygens (including phenoxy) is 2. The maximum Gasteiger partial charge on any atom is 0.189 e. The highest BCUT2D eigenvalue weighted by Gasteiger charge is 2.13. The van der Waals surface area contributed by atoms with Crippen molar-refractivity contribution < 1.29 is 9.47 Å². The van der Waals surface area contributed by atoms with Gasteiger partial charge in [-0.3, -0.25) is 0 Å². The summed E-state index contributed by atoms with van der Waals surface area (Å²) >= 11 is 3.49. The molecule has 0 unspecified atom stereocenters. The van der Waals surface area contributed by atoms with E-state index in [1.54, 1.807) is 14.2 Å². The van der Waals surface area contributed by atoms with E-state index in [-0.39, 0.29) is 0 Å². The number of halogens is 1. The third-order valence-corrected chi connectivity index (χ3v) is 4.72. The Morgan fingerprint density at radius 1 is 1.22 bits per heavy atom. The highest BCUT2D eigenvalue weighted by Crippen LogP contribution is 2.36. The molecule has 0 aliphatic heterocycles. The van der Waals surface area contributed by atoms with E-state index in [0.29, 0.717) is 30.0 Å². The summed E-state index contributed by atoms with van der Waals surface area (Å²) in [5.41, 5.74) is 7.05. The maximum absolute atomic E-state index is 6.04. The molecule has 0 bridgehead atoms. The zero-order valence-electron chi connectivity index (χ0n) is 13.9. The molecule has 1 fully saturated rings. The van der Waals surface area contributed by atoms with Gasteiger partial charge in [0, 0.05) is 6.04 Å². The lowest BCUT2D eigenvalue weighted by molar-refractivity contribution is 0.352. The lowest BCUT2D eigenvalue weighted by Gasteiger charge is -2.17. The van der Waals surface area contributed by atoms with Gasteiger partial charge in [0.2, 0.25) is 0 Å². The zero-order chi connectivity index (χ0) is 16.7. The first-order valence-electron chi connectivity index (χ1n) is 8.11. The molecule has 1 aromatic rings. The second-order valence-electron chi connectivity index (χ2n) is 5.85.